The van der Waals surface area contributed by atoms with Gasteiger partial charge in [-0.05, 0) is 20.3 Å². The van der Waals surface area contributed by atoms with Gasteiger partial charge in [0, 0.05) is 19.1 Å². The van der Waals surface area contributed by atoms with Gasteiger partial charge in [0.1, 0.15) is 0 Å². The molecule has 102 valence electrons. The molecule has 0 fully saturated rings. The van der Waals surface area contributed by atoms with Crippen molar-refractivity contribution in [3.8, 4) is 0 Å². The van der Waals surface area contributed by atoms with Crippen molar-refractivity contribution in [3.63, 3.8) is 0 Å². The van der Waals surface area contributed by atoms with E-state index >= 15 is 0 Å². The third kappa shape index (κ3) is 9.12. The molecule has 1 N–H and O–H groups in total. The molecular formula is C13H27NO3. The lowest BCUT2D eigenvalue weighted by molar-refractivity contribution is -0.125. The van der Waals surface area contributed by atoms with Crippen LogP contribution in [0, 0.1) is 5.92 Å². The fourth-order valence-corrected chi connectivity index (χ4v) is 1.21. The summed E-state index contributed by atoms with van der Waals surface area (Å²) < 4.78 is 11.1. The molecule has 0 heterocycles. The van der Waals surface area contributed by atoms with Crippen molar-refractivity contribution >= 4 is 5.91 Å². The second-order valence-electron chi connectivity index (χ2n) is 5.11. The first-order valence-electron chi connectivity index (χ1n) is 6.38. The minimum Gasteiger partial charge on any atom is -0.378 e. The van der Waals surface area contributed by atoms with Crippen LogP contribution in [0.5, 0.6) is 0 Å². The molecular weight excluding hydrogens is 218 g/mol. The molecule has 0 rings (SSSR count). The standard InChI is InChI=1S/C13H27NO3/c1-6-8-16-10-13(4,5)17-9-7-14-12(15)11(2)3/h11H,6-10H2,1-5H3,(H,14,15). The fourth-order valence-electron chi connectivity index (χ4n) is 1.21. The molecule has 0 unspecified atom stereocenters. The Kier molecular flexibility index (Phi) is 8.17. The predicted molar refractivity (Wildman–Crippen MR) is 69.0 cm³/mol. The molecule has 0 bridgehead atoms. The summed E-state index contributed by atoms with van der Waals surface area (Å²) in [6.45, 7) is 12.2. The van der Waals surface area contributed by atoms with Crippen LogP contribution in [-0.4, -0.2) is 37.9 Å². The zero-order valence-electron chi connectivity index (χ0n) is 11.8. The van der Waals surface area contributed by atoms with Crippen molar-refractivity contribution in [1.82, 2.24) is 5.32 Å². The normalized spacial score (nSPS) is 11.9. The van der Waals surface area contributed by atoms with E-state index in [1.165, 1.54) is 0 Å². The van der Waals surface area contributed by atoms with Gasteiger partial charge in [0.2, 0.25) is 5.91 Å². The van der Waals surface area contributed by atoms with Gasteiger partial charge in [0.05, 0.1) is 18.8 Å². The fraction of sp³-hybridized carbons (Fsp3) is 0.923. The van der Waals surface area contributed by atoms with E-state index in [0.29, 0.717) is 19.8 Å². The smallest absolute Gasteiger partial charge is 0.222 e. The summed E-state index contributed by atoms with van der Waals surface area (Å²) in [7, 11) is 0. The lowest BCUT2D eigenvalue weighted by Gasteiger charge is -2.25. The van der Waals surface area contributed by atoms with Gasteiger partial charge < -0.3 is 14.8 Å². The molecule has 0 aliphatic heterocycles. The molecule has 17 heavy (non-hydrogen) atoms. The first-order valence-corrected chi connectivity index (χ1v) is 6.38. The van der Waals surface area contributed by atoms with E-state index in [-0.39, 0.29) is 17.4 Å². The Morgan fingerprint density at radius 1 is 1.29 bits per heavy atom. The molecule has 1 amide bonds. The van der Waals surface area contributed by atoms with Gasteiger partial charge in [-0.3, -0.25) is 4.79 Å². The highest BCUT2D eigenvalue weighted by atomic mass is 16.5. The van der Waals surface area contributed by atoms with Crippen molar-refractivity contribution in [1.29, 1.82) is 0 Å². The lowest BCUT2D eigenvalue weighted by atomic mass is 10.1. The lowest BCUT2D eigenvalue weighted by Crippen LogP contribution is -2.36. The van der Waals surface area contributed by atoms with Gasteiger partial charge >= 0.3 is 0 Å². The Balaban J connectivity index is 3.61. The van der Waals surface area contributed by atoms with Crippen LogP contribution in [-0.2, 0) is 14.3 Å². The predicted octanol–water partition coefficient (Wildman–Crippen LogP) is 1.98. The average Bonchev–Trinajstić information content (AvgIpc) is 2.24. The van der Waals surface area contributed by atoms with Crippen LogP contribution in [0.4, 0.5) is 0 Å². The van der Waals surface area contributed by atoms with E-state index in [2.05, 4.69) is 12.2 Å². The quantitative estimate of drug-likeness (QED) is 0.632. The molecule has 0 aliphatic carbocycles. The summed E-state index contributed by atoms with van der Waals surface area (Å²) in [5.74, 6) is 0.0875. The molecule has 0 atom stereocenters. The third-order valence-corrected chi connectivity index (χ3v) is 2.22. The number of ether oxygens (including phenoxy) is 2. The molecule has 4 nitrogen and oxygen atoms in total. The van der Waals surface area contributed by atoms with E-state index < -0.39 is 0 Å². The van der Waals surface area contributed by atoms with Crippen molar-refractivity contribution in [2.45, 2.75) is 46.6 Å². The Morgan fingerprint density at radius 2 is 1.94 bits per heavy atom. The van der Waals surface area contributed by atoms with Crippen LogP contribution in [0.1, 0.15) is 41.0 Å². The van der Waals surface area contributed by atoms with Gasteiger partial charge in [0.25, 0.3) is 0 Å². The van der Waals surface area contributed by atoms with Crippen molar-refractivity contribution in [2.24, 2.45) is 5.92 Å². The number of nitrogens with one attached hydrogen (secondary N) is 1. The molecule has 0 aliphatic rings. The number of hydrogen-bond donors (Lipinski definition) is 1. The summed E-state index contributed by atoms with van der Waals surface area (Å²) in [4.78, 5) is 11.3. The van der Waals surface area contributed by atoms with Crippen LogP contribution in [0.2, 0.25) is 0 Å². The van der Waals surface area contributed by atoms with Crippen LogP contribution in [0.15, 0.2) is 0 Å². The second-order valence-corrected chi connectivity index (χ2v) is 5.11. The molecule has 0 spiro atoms. The Hall–Kier alpha value is -0.610. The number of carbonyl (C=O) groups excluding carboxylic acids is 1. The Bertz CT molecular complexity index is 215. The van der Waals surface area contributed by atoms with E-state index in [0.717, 1.165) is 13.0 Å². The third-order valence-electron chi connectivity index (χ3n) is 2.22. The molecule has 0 saturated heterocycles. The molecule has 0 aromatic rings. The van der Waals surface area contributed by atoms with Crippen molar-refractivity contribution in [3.05, 3.63) is 0 Å². The van der Waals surface area contributed by atoms with Gasteiger partial charge in [-0.1, -0.05) is 20.8 Å². The minimum absolute atomic E-state index is 0.0240. The first kappa shape index (κ1) is 16.4. The monoisotopic (exact) mass is 245 g/mol. The maximum Gasteiger partial charge on any atom is 0.222 e. The van der Waals surface area contributed by atoms with E-state index in [9.17, 15) is 4.79 Å². The SMILES string of the molecule is CCCOCC(C)(C)OCCNC(=O)C(C)C. The van der Waals surface area contributed by atoms with E-state index in [4.69, 9.17) is 9.47 Å². The minimum atomic E-state index is -0.294. The van der Waals surface area contributed by atoms with Crippen LogP contribution in [0.3, 0.4) is 0 Å². The van der Waals surface area contributed by atoms with Crippen LogP contribution >= 0.6 is 0 Å². The zero-order valence-corrected chi connectivity index (χ0v) is 11.8. The highest BCUT2D eigenvalue weighted by Crippen LogP contribution is 2.09. The summed E-state index contributed by atoms with van der Waals surface area (Å²) in [5.41, 5.74) is -0.294. The van der Waals surface area contributed by atoms with Crippen LogP contribution < -0.4 is 5.32 Å². The van der Waals surface area contributed by atoms with Gasteiger partial charge in [-0.15, -0.1) is 0 Å². The molecule has 0 radical (unpaired) electrons. The summed E-state index contributed by atoms with van der Waals surface area (Å²) in [6.07, 6.45) is 1.01. The maximum absolute atomic E-state index is 11.3. The largest absolute Gasteiger partial charge is 0.378 e. The molecule has 0 aromatic heterocycles. The highest BCUT2D eigenvalue weighted by Gasteiger charge is 2.18. The van der Waals surface area contributed by atoms with E-state index in [1.54, 1.807) is 0 Å². The topological polar surface area (TPSA) is 47.6 Å². The van der Waals surface area contributed by atoms with Gasteiger partial charge in [0.15, 0.2) is 0 Å². The van der Waals surface area contributed by atoms with Gasteiger partial charge in [-0.25, -0.2) is 0 Å². The molecule has 0 aromatic carbocycles. The number of rotatable bonds is 9. The first-order chi connectivity index (χ1) is 7.89. The molecule has 4 heteroatoms. The summed E-state index contributed by atoms with van der Waals surface area (Å²) >= 11 is 0. The number of carbonyl (C=O) groups is 1. The Labute approximate surface area is 105 Å². The molecule has 0 saturated carbocycles. The summed E-state index contributed by atoms with van der Waals surface area (Å²) in [6, 6.07) is 0. The van der Waals surface area contributed by atoms with Crippen molar-refractivity contribution in [2.75, 3.05) is 26.4 Å². The van der Waals surface area contributed by atoms with Crippen molar-refractivity contribution < 1.29 is 14.3 Å². The maximum atomic E-state index is 11.3. The number of hydrogen-bond acceptors (Lipinski definition) is 3. The van der Waals surface area contributed by atoms with E-state index in [1.807, 2.05) is 27.7 Å². The highest BCUT2D eigenvalue weighted by molar-refractivity contribution is 5.77. The second kappa shape index (κ2) is 8.48. The Morgan fingerprint density at radius 3 is 2.47 bits per heavy atom. The van der Waals surface area contributed by atoms with Crippen LogP contribution in [0.25, 0.3) is 0 Å². The number of amides is 1. The zero-order chi connectivity index (χ0) is 13.3. The summed E-state index contributed by atoms with van der Waals surface area (Å²) in [5, 5.41) is 2.82. The van der Waals surface area contributed by atoms with Gasteiger partial charge in [-0.2, -0.15) is 0 Å². The average molecular weight is 245 g/mol.